The molecule has 0 saturated carbocycles. The number of thiophene rings is 1. The maximum Gasteiger partial charge on any atom is 0.252 e. The van der Waals surface area contributed by atoms with Gasteiger partial charge >= 0.3 is 0 Å². The lowest BCUT2D eigenvalue weighted by Gasteiger charge is -2.06. The summed E-state index contributed by atoms with van der Waals surface area (Å²) in [6.07, 6.45) is 0.759. The van der Waals surface area contributed by atoms with Crippen LogP contribution in [0.25, 0.3) is 0 Å². The van der Waals surface area contributed by atoms with Crippen LogP contribution in [-0.2, 0) is 6.42 Å². The van der Waals surface area contributed by atoms with E-state index in [4.69, 9.17) is 0 Å². The molecule has 0 fully saturated rings. The minimum absolute atomic E-state index is 0.276. The molecule has 2 rings (SSSR count). The number of benzene rings is 1. The molecule has 6 heteroatoms. The van der Waals surface area contributed by atoms with Crippen molar-refractivity contribution in [1.29, 1.82) is 0 Å². The number of carbonyl (C=O) groups excluding carboxylic acids is 1. The van der Waals surface area contributed by atoms with Crippen molar-refractivity contribution < 1.29 is 9.18 Å². The van der Waals surface area contributed by atoms with E-state index in [-0.39, 0.29) is 5.91 Å². The van der Waals surface area contributed by atoms with Crippen LogP contribution in [0.5, 0.6) is 0 Å². The zero-order valence-electron chi connectivity index (χ0n) is 9.75. The van der Waals surface area contributed by atoms with Crippen molar-refractivity contribution in [2.45, 2.75) is 6.42 Å². The molecule has 0 atom stereocenters. The molecule has 0 aliphatic rings. The highest BCUT2D eigenvalue weighted by Crippen LogP contribution is 2.22. The Morgan fingerprint density at radius 1 is 1.26 bits per heavy atom. The summed E-state index contributed by atoms with van der Waals surface area (Å²) in [4.78, 5) is 13.1. The quantitative estimate of drug-likeness (QED) is 0.801. The third kappa shape index (κ3) is 4.12. The summed E-state index contributed by atoms with van der Waals surface area (Å²) in [5.74, 6) is -0.697. The molecule has 2 aromatic rings. The van der Waals surface area contributed by atoms with E-state index in [1.54, 1.807) is 11.3 Å². The summed E-state index contributed by atoms with van der Waals surface area (Å²) in [6, 6.07) is 8.05. The lowest BCUT2D eigenvalue weighted by Crippen LogP contribution is -2.25. The van der Waals surface area contributed by atoms with Gasteiger partial charge in [-0.05, 0) is 68.6 Å². The van der Waals surface area contributed by atoms with Gasteiger partial charge in [0.25, 0.3) is 5.91 Å². The van der Waals surface area contributed by atoms with Crippen molar-refractivity contribution in [3.63, 3.8) is 0 Å². The van der Waals surface area contributed by atoms with Gasteiger partial charge in [0.2, 0.25) is 0 Å². The number of halogens is 3. The zero-order chi connectivity index (χ0) is 13.8. The summed E-state index contributed by atoms with van der Waals surface area (Å²) < 4.78 is 14.8. The number of rotatable bonds is 4. The summed E-state index contributed by atoms with van der Waals surface area (Å²) in [7, 11) is 0. The molecule has 1 aromatic carbocycles. The first-order valence-corrected chi connectivity index (χ1v) is 7.94. The SMILES string of the molecule is O=C(NCCc1ccc(Br)s1)c1cc(F)ccc1Br. The normalized spacial score (nSPS) is 10.5. The smallest absolute Gasteiger partial charge is 0.252 e. The molecule has 1 amide bonds. The molecular weight excluding hydrogens is 397 g/mol. The van der Waals surface area contributed by atoms with Crippen LogP contribution >= 0.6 is 43.2 Å². The Bertz CT molecular complexity index is 600. The fraction of sp³-hybridized carbons (Fsp3) is 0.154. The van der Waals surface area contributed by atoms with Crippen molar-refractivity contribution in [2.75, 3.05) is 6.54 Å². The average molecular weight is 407 g/mol. The van der Waals surface area contributed by atoms with E-state index in [0.717, 1.165) is 10.2 Å². The van der Waals surface area contributed by atoms with Gasteiger partial charge in [-0.25, -0.2) is 4.39 Å². The predicted molar refractivity (Wildman–Crippen MR) is 82.2 cm³/mol. The number of nitrogens with one attached hydrogen (secondary N) is 1. The van der Waals surface area contributed by atoms with Gasteiger partial charge in [0.05, 0.1) is 9.35 Å². The molecule has 2 nitrogen and oxygen atoms in total. The Morgan fingerprint density at radius 3 is 2.74 bits per heavy atom. The largest absolute Gasteiger partial charge is 0.352 e. The zero-order valence-corrected chi connectivity index (χ0v) is 13.7. The minimum Gasteiger partial charge on any atom is -0.352 e. The average Bonchev–Trinajstić information content (AvgIpc) is 2.78. The molecule has 0 aliphatic carbocycles. The second-order valence-electron chi connectivity index (χ2n) is 3.84. The van der Waals surface area contributed by atoms with E-state index in [1.807, 2.05) is 12.1 Å². The summed E-state index contributed by atoms with van der Waals surface area (Å²) >= 11 is 8.27. The van der Waals surface area contributed by atoms with Crippen LogP contribution in [0.1, 0.15) is 15.2 Å². The molecule has 1 N–H and O–H groups in total. The second kappa shape index (κ2) is 6.63. The maximum absolute atomic E-state index is 13.1. The number of hydrogen-bond donors (Lipinski definition) is 1. The fourth-order valence-corrected chi connectivity index (χ4v) is 3.46. The molecule has 0 saturated heterocycles. The third-order valence-corrected chi connectivity index (χ3v) is 4.83. The van der Waals surface area contributed by atoms with Gasteiger partial charge in [0.1, 0.15) is 5.82 Å². The lowest BCUT2D eigenvalue weighted by atomic mass is 10.2. The number of carbonyl (C=O) groups is 1. The third-order valence-electron chi connectivity index (χ3n) is 2.46. The highest BCUT2D eigenvalue weighted by molar-refractivity contribution is 9.11. The van der Waals surface area contributed by atoms with Crippen molar-refractivity contribution >= 4 is 49.1 Å². The molecule has 19 heavy (non-hydrogen) atoms. The number of hydrogen-bond acceptors (Lipinski definition) is 2. The second-order valence-corrected chi connectivity index (χ2v) is 7.24. The van der Waals surface area contributed by atoms with Gasteiger partial charge in [-0.1, -0.05) is 0 Å². The molecular formula is C13H10Br2FNOS. The molecule has 0 aliphatic heterocycles. The van der Waals surface area contributed by atoms with E-state index < -0.39 is 5.82 Å². The highest BCUT2D eigenvalue weighted by Gasteiger charge is 2.10. The van der Waals surface area contributed by atoms with Gasteiger partial charge in [0.15, 0.2) is 0 Å². The van der Waals surface area contributed by atoms with Gasteiger partial charge in [-0.3, -0.25) is 4.79 Å². The van der Waals surface area contributed by atoms with E-state index in [0.29, 0.717) is 16.6 Å². The lowest BCUT2D eigenvalue weighted by molar-refractivity contribution is 0.0953. The first kappa shape index (κ1) is 14.7. The van der Waals surface area contributed by atoms with Crippen LogP contribution in [0.4, 0.5) is 4.39 Å². The van der Waals surface area contributed by atoms with E-state index in [1.165, 1.54) is 23.1 Å². The van der Waals surface area contributed by atoms with Gasteiger partial charge in [-0.15, -0.1) is 11.3 Å². The van der Waals surface area contributed by atoms with Crippen LogP contribution in [0.15, 0.2) is 38.6 Å². The topological polar surface area (TPSA) is 29.1 Å². The summed E-state index contributed by atoms with van der Waals surface area (Å²) in [6.45, 7) is 0.523. The van der Waals surface area contributed by atoms with Crippen LogP contribution in [0.2, 0.25) is 0 Å². The Morgan fingerprint density at radius 2 is 2.05 bits per heavy atom. The highest BCUT2D eigenvalue weighted by atomic mass is 79.9. The standard InChI is InChI=1S/C13H10Br2FNOS/c14-11-3-1-8(16)7-10(11)13(18)17-6-5-9-2-4-12(15)19-9/h1-4,7H,5-6H2,(H,17,18). The number of amides is 1. The minimum atomic E-state index is -0.421. The Hall–Kier alpha value is -0.720. The fourth-order valence-electron chi connectivity index (χ4n) is 1.55. The van der Waals surface area contributed by atoms with E-state index in [2.05, 4.69) is 37.2 Å². The van der Waals surface area contributed by atoms with Gasteiger partial charge < -0.3 is 5.32 Å². The first-order valence-electron chi connectivity index (χ1n) is 5.54. The van der Waals surface area contributed by atoms with Crippen molar-refractivity contribution in [1.82, 2.24) is 5.32 Å². The molecule has 0 bridgehead atoms. The van der Waals surface area contributed by atoms with E-state index >= 15 is 0 Å². The molecule has 1 heterocycles. The maximum atomic E-state index is 13.1. The van der Waals surface area contributed by atoms with Crippen LogP contribution in [-0.4, -0.2) is 12.5 Å². The van der Waals surface area contributed by atoms with Crippen molar-refractivity contribution in [2.24, 2.45) is 0 Å². The molecule has 0 spiro atoms. The van der Waals surface area contributed by atoms with Crippen LogP contribution < -0.4 is 5.32 Å². The monoisotopic (exact) mass is 405 g/mol. The van der Waals surface area contributed by atoms with Crippen molar-refractivity contribution in [3.05, 3.63) is 54.8 Å². The Kier molecular flexibility index (Phi) is 5.13. The molecule has 1 aromatic heterocycles. The first-order chi connectivity index (χ1) is 9.06. The van der Waals surface area contributed by atoms with Crippen LogP contribution in [0, 0.1) is 5.82 Å². The van der Waals surface area contributed by atoms with Gasteiger partial charge in [-0.2, -0.15) is 0 Å². The van der Waals surface area contributed by atoms with Gasteiger partial charge in [0, 0.05) is 15.9 Å². The molecule has 0 radical (unpaired) electrons. The van der Waals surface area contributed by atoms with E-state index in [9.17, 15) is 9.18 Å². The Labute approximate surface area is 131 Å². The Balaban J connectivity index is 1.92. The molecule has 0 unspecified atom stereocenters. The molecule has 100 valence electrons. The predicted octanol–water partition coefficient (Wildman–Crippen LogP) is 4.38. The summed E-state index contributed by atoms with van der Waals surface area (Å²) in [5, 5.41) is 2.78. The van der Waals surface area contributed by atoms with Crippen molar-refractivity contribution in [3.8, 4) is 0 Å². The van der Waals surface area contributed by atoms with Crippen LogP contribution in [0.3, 0.4) is 0 Å². The summed E-state index contributed by atoms with van der Waals surface area (Å²) in [5.41, 5.74) is 0.312.